The number of aryl methyl sites for hydroxylation is 2. The average molecular weight is 546 g/mol. The molecule has 6 rings (SSSR count). The summed E-state index contributed by atoms with van der Waals surface area (Å²) >= 11 is 0. The maximum absolute atomic E-state index is 13.4. The molecule has 4 atom stereocenters. The third kappa shape index (κ3) is 4.46. The molecule has 0 radical (unpaired) electrons. The van der Waals surface area contributed by atoms with Gasteiger partial charge in [-0.3, -0.25) is 14.5 Å². The van der Waals surface area contributed by atoms with Crippen LogP contribution in [0.1, 0.15) is 37.9 Å². The molecule has 206 valence electrons. The minimum atomic E-state index is -0.194. The summed E-state index contributed by atoms with van der Waals surface area (Å²) < 4.78 is 1.57. The molecular formula is C31H31N9O. The SMILES string of the molecule is Cc1cncc(-c2ccc(-c3cc(C#N)n(C)n3)c3ncnc(N4C[C@@H](C)N(C(=O)C5CC[C@@H]5C#N)C[C@@H]4C)c23)c1. The van der Waals surface area contributed by atoms with E-state index in [2.05, 4.69) is 47.0 Å². The second-order valence-corrected chi connectivity index (χ2v) is 11.2. The summed E-state index contributed by atoms with van der Waals surface area (Å²) in [7, 11) is 1.75. The van der Waals surface area contributed by atoms with Gasteiger partial charge in [0.05, 0.1) is 34.5 Å². The first kappa shape index (κ1) is 26.4. The Hall–Kier alpha value is -4.83. The molecule has 1 saturated carbocycles. The predicted octanol–water partition coefficient (Wildman–Crippen LogP) is 4.25. The Morgan fingerprint density at radius 2 is 1.83 bits per heavy atom. The minimum absolute atomic E-state index is 0.0129. The highest BCUT2D eigenvalue weighted by Gasteiger charge is 2.43. The number of hydrogen-bond acceptors (Lipinski definition) is 8. The molecule has 1 aliphatic carbocycles. The van der Waals surface area contributed by atoms with E-state index < -0.39 is 0 Å². The quantitative estimate of drug-likeness (QED) is 0.372. The zero-order valence-electron chi connectivity index (χ0n) is 23.6. The lowest BCUT2D eigenvalue weighted by Gasteiger charge is -2.47. The molecule has 0 N–H and O–H groups in total. The third-order valence-corrected chi connectivity index (χ3v) is 8.52. The number of fused-ring (bicyclic) bond motifs is 1. The largest absolute Gasteiger partial charge is 0.349 e. The summed E-state index contributed by atoms with van der Waals surface area (Å²) in [5, 5.41) is 24.4. The zero-order valence-corrected chi connectivity index (χ0v) is 23.6. The standard InChI is InChI=1S/C31H31N9O/c1-18-9-22(14-34-13-18)24-7-8-26(27-10-23(12-33)38(4)37-27)29-28(24)30(36-17-35-29)39-15-20(3)40(16-19(39)2)31(41)25-6-5-21(25)11-32/h7-10,13-14,17,19-21,25H,5-6,15-16H2,1-4H3/t19-,20+,21+,25?/m0/s1. The van der Waals surface area contributed by atoms with Crippen molar-refractivity contribution in [2.24, 2.45) is 18.9 Å². The predicted molar refractivity (Wildman–Crippen MR) is 154 cm³/mol. The summed E-state index contributed by atoms with van der Waals surface area (Å²) in [6.07, 6.45) is 6.84. The Labute approximate surface area is 238 Å². The van der Waals surface area contributed by atoms with Crippen molar-refractivity contribution in [2.45, 2.75) is 45.7 Å². The summed E-state index contributed by atoms with van der Waals surface area (Å²) in [6, 6.07) is 12.3. The Morgan fingerprint density at radius 1 is 1.02 bits per heavy atom. The molecule has 10 heteroatoms. The number of carbonyl (C=O) groups excluding carboxylic acids is 1. The normalized spacial score (nSPS) is 22.2. The molecule has 10 nitrogen and oxygen atoms in total. The second kappa shape index (κ2) is 10.3. The summed E-state index contributed by atoms with van der Waals surface area (Å²) in [5.41, 5.74) is 5.63. The van der Waals surface area contributed by atoms with Crippen LogP contribution in [0.3, 0.4) is 0 Å². The molecule has 4 aromatic rings. The van der Waals surface area contributed by atoms with E-state index in [-0.39, 0.29) is 29.8 Å². The van der Waals surface area contributed by atoms with Gasteiger partial charge in [-0.25, -0.2) is 9.97 Å². The molecule has 1 amide bonds. The van der Waals surface area contributed by atoms with Gasteiger partial charge in [0.15, 0.2) is 0 Å². The number of piperazine rings is 1. The van der Waals surface area contributed by atoms with Gasteiger partial charge in [-0.15, -0.1) is 0 Å². The zero-order chi connectivity index (χ0) is 28.8. The van der Waals surface area contributed by atoms with Crippen LogP contribution in [0.15, 0.2) is 43.0 Å². The van der Waals surface area contributed by atoms with Crippen molar-refractivity contribution in [2.75, 3.05) is 18.0 Å². The lowest BCUT2D eigenvalue weighted by atomic mass is 9.73. The summed E-state index contributed by atoms with van der Waals surface area (Å²) in [5.74, 6) is 0.507. The van der Waals surface area contributed by atoms with Gasteiger partial charge in [-0.05, 0) is 56.9 Å². The van der Waals surface area contributed by atoms with E-state index in [9.17, 15) is 15.3 Å². The highest BCUT2D eigenvalue weighted by Crippen LogP contribution is 2.41. The first-order valence-corrected chi connectivity index (χ1v) is 13.9. The molecule has 2 aliphatic rings. The third-order valence-electron chi connectivity index (χ3n) is 8.52. The lowest BCUT2D eigenvalue weighted by Crippen LogP contribution is -2.60. The van der Waals surface area contributed by atoms with E-state index in [1.54, 1.807) is 24.1 Å². The molecule has 0 bridgehead atoms. The molecule has 1 unspecified atom stereocenters. The van der Waals surface area contributed by atoms with Gasteiger partial charge in [0, 0.05) is 61.8 Å². The maximum Gasteiger partial charge on any atom is 0.227 e. The fourth-order valence-electron chi connectivity index (χ4n) is 6.12. The van der Waals surface area contributed by atoms with Crippen LogP contribution in [0.5, 0.6) is 0 Å². The van der Waals surface area contributed by atoms with Crippen molar-refractivity contribution in [1.29, 1.82) is 10.5 Å². The van der Waals surface area contributed by atoms with E-state index in [0.717, 1.165) is 51.8 Å². The lowest BCUT2D eigenvalue weighted by molar-refractivity contribution is -0.143. The van der Waals surface area contributed by atoms with Crippen molar-refractivity contribution < 1.29 is 4.79 Å². The van der Waals surface area contributed by atoms with Gasteiger partial charge in [0.1, 0.15) is 23.9 Å². The maximum atomic E-state index is 13.4. The molecule has 1 aromatic carbocycles. The topological polar surface area (TPSA) is 128 Å². The van der Waals surface area contributed by atoms with Gasteiger partial charge >= 0.3 is 0 Å². The van der Waals surface area contributed by atoms with Crippen LogP contribution in [-0.2, 0) is 11.8 Å². The van der Waals surface area contributed by atoms with Crippen LogP contribution in [-0.4, -0.2) is 60.7 Å². The number of amides is 1. The number of nitriles is 2. The Balaban J connectivity index is 1.47. The molecular weight excluding hydrogens is 514 g/mol. The van der Waals surface area contributed by atoms with Crippen LogP contribution in [0, 0.1) is 41.4 Å². The number of hydrogen-bond donors (Lipinski definition) is 0. The van der Waals surface area contributed by atoms with Crippen LogP contribution < -0.4 is 4.90 Å². The van der Waals surface area contributed by atoms with Gasteiger partial charge in [0.25, 0.3) is 0 Å². The molecule has 0 spiro atoms. The fraction of sp³-hybridized carbons (Fsp3) is 0.387. The molecule has 2 fully saturated rings. The highest BCUT2D eigenvalue weighted by molar-refractivity contribution is 6.08. The molecule has 4 heterocycles. The van der Waals surface area contributed by atoms with Crippen molar-refractivity contribution in [3.63, 3.8) is 0 Å². The number of pyridine rings is 1. The Kier molecular flexibility index (Phi) is 6.63. The molecule has 41 heavy (non-hydrogen) atoms. The van der Waals surface area contributed by atoms with Crippen LogP contribution in [0.4, 0.5) is 5.82 Å². The minimum Gasteiger partial charge on any atom is -0.349 e. The number of rotatable bonds is 4. The van der Waals surface area contributed by atoms with E-state index in [1.165, 1.54) is 0 Å². The first-order valence-electron chi connectivity index (χ1n) is 13.9. The van der Waals surface area contributed by atoms with E-state index >= 15 is 0 Å². The van der Waals surface area contributed by atoms with Crippen molar-refractivity contribution >= 4 is 22.6 Å². The van der Waals surface area contributed by atoms with Crippen molar-refractivity contribution in [3.05, 3.63) is 54.2 Å². The second-order valence-electron chi connectivity index (χ2n) is 11.2. The fourth-order valence-corrected chi connectivity index (χ4v) is 6.12. The highest BCUT2D eigenvalue weighted by atomic mass is 16.2. The number of nitrogens with zero attached hydrogens (tertiary/aromatic N) is 9. The monoisotopic (exact) mass is 545 g/mol. The smallest absolute Gasteiger partial charge is 0.227 e. The van der Waals surface area contributed by atoms with Crippen molar-refractivity contribution in [3.8, 4) is 34.5 Å². The van der Waals surface area contributed by atoms with Gasteiger partial charge in [-0.2, -0.15) is 15.6 Å². The van der Waals surface area contributed by atoms with E-state index in [1.807, 2.05) is 36.4 Å². The number of aromatic nitrogens is 5. The van der Waals surface area contributed by atoms with Gasteiger partial charge in [0.2, 0.25) is 5.91 Å². The number of benzene rings is 1. The number of anilines is 1. The van der Waals surface area contributed by atoms with E-state index in [0.29, 0.717) is 24.5 Å². The Bertz CT molecular complexity index is 1750. The molecule has 3 aromatic heterocycles. The van der Waals surface area contributed by atoms with Gasteiger partial charge in [-0.1, -0.05) is 6.07 Å². The van der Waals surface area contributed by atoms with Crippen LogP contribution in [0.2, 0.25) is 0 Å². The van der Waals surface area contributed by atoms with Crippen LogP contribution in [0.25, 0.3) is 33.3 Å². The summed E-state index contributed by atoms with van der Waals surface area (Å²) in [4.78, 5) is 31.6. The van der Waals surface area contributed by atoms with Crippen molar-refractivity contribution in [1.82, 2.24) is 29.6 Å². The summed E-state index contributed by atoms with van der Waals surface area (Å²) in [6.45, 7) is 7.33. The number of carbonyl (C=O) groups is 1. The average Bonchev–Trinajstić information content (AvgIpc) is 3.33. The molecule has 1 aliphatic heterocycles. The molecule has 1 saturated heterocycles. The Morgan fingerprint density at radius 3 is 2.51 bits per heavy atom. The van der Waals surface area contributed by atoms with Crippen LogP contribution >= 0.6 is 0 Å². The first-order chi connectivity index (χ1) is 19.8. The van der Waals surface area contributed by atoms with E-state index in [4.69, 9.17) is 9.97 Å². The van der Waals surface area contributed by atoms with Gasteiger partial charge < -0.3 is 9.80 Å².